The van der Waals surface area contributed by atoms with Crippen LogP contribution in [0, 0.1) is 11.7 Å². The molecule has 3 nitrogen and oxygen atoms in total. The smallest absolute Gasteiger partial charge is 0.352 e. The molecule has 1 aliphatic rings. The molecule has 1 atom stereocenters. The average molecular weight is 422 g/mol. The highest BCUT2D eigenvalue weighted by Gasteiger charge is 2.30. The van der Waals surface area contributed by atoms with Crippen LogP contribution in [0.4, 0.5) is 17.6 Å². The Balaban J connectivity index is 1.42. The van der Waals surface area contributed by atoms with Crippen molar-refractivity contribution in [1.29, 1.82) is 0 Å². The zero-order valence-corrected chi connectivity index (χ0v) is 16.7. The average Bonchev–Trinajstić information content (AvgIpc) is 2.72. The van der Waals surface area contributed by atoms with Crippen LogP contribution in [-0.4, -0.2) is 23.9 Å². The summed E-state index contributed by atoms with van der Waals surface area (Å²) in [5.41, 5.74) is 0.682. The van der Waals surface area contributed by atoms with Crippen molar-refractivity contribution in [2.75, 3.05) is 13.1 Å². The molecule has 0 aliphatic carbocycles. The predicted molar refractivity (Wildman–Crippen MR) is 107 cm³/mol. The second-order valence-corrected chi connectivity index (χ2v) is 7.84. The van der Waals surface area contributed by atoms with Crippen LogP contribution in [0.15, 0.2) is 48.5 Å². The van der Waals surface area contributed by atoms with Gasteiger partial charge in [-0.25, -0.2) is 4.39 Å². The highest BCUT2D eigenvalue weighted by molar-refractivity contribution is 5.75. The van der Waals surface area contributed by atoms with Crippen LogP contribution in [0.2, 0.25) is 0 Å². The Morgan fingerprint density at radius 2 is 1.83 bits per heavy atom. The number of benzene rings is 2. The number of piperidine rings is 1. The molecule has 0 radical (unpaired) electrons. The molecule has 1 amide bonds. The summed E-state index contributed by atoms with van der Waals surface area (Å²) in [6.07, 6.45) is -1.16. The van der Waals surface area contributed by atoms with E-state index in [1.165, 1.54) is 18.2 Å². The second kappa shape index (κ2) is 10.1. The molecule has 7 heteroatoms. The Hall–Kier alpha value is -2.41. The maximum atomic E-state index is 13.6. The molecule has 0 saturated carbocycles. The molecule has 0 unspecified atom stereocenters. The minimum Gasteiger partial charge on any atom is -0.352 e. The first-order valence-corrected chi connectivity index (χ1v) is 10.2. The van der Waals surface area contributed by atoms with Crippen LogP contribution in [0.25, 0.3) is 0 Å². The molecule has 1 heterocycles. The highest BCUT2D eigenvalue weighted by Crippen LogP contribution is 2.29. The Labute approximate surface area is 174 Å². The summed E-state index contributed by atoms with van der Waals surface area (Å²) >= 11 is 0. The van der Waals surface area contributed by atoms with Gasteiger partial charge in [0.25, 0.3) is 0 Å². The summed E-state index contributed by atoms with van der Waals surface area (Å²) in [5, 5.41) is 2.76. The van der Waals surface area contributed by atoms with Crippen molar-refractivity contribution in [2.24, 2.45) is 5.92 Å². The monoisotopic (exact) mass is 422 g/mol. The normalized spacial score (nSPS) is 17.7. The molecule has 3 rings (SSSR count). The predicted octanol–water partition coefficient (Wildman–Crippen LogP) is 5.15. The summed E-state index contributed by atoms with van der Waals surface area (Å²) in [4.78, 5) is 14.3. The first-order valence-electron chi connectivity index (χ1n) is 10.2. The zero-order valence-electron chi connectivity index (χ0n) is 16.7. The number of amides is 1. The van der Waals surface area contributed by atoms with Crippen LogP contribution in [0.3, 0.4) is 0 Å². The molecule has 1 fully saturated rings. The van der Waals surface area contributed by atoms with Gasteiger partial charge in [0.2, 0.25) is 5.91 Å². The van der Waals surface area contributed by atoms with Gasteiger partial charge in [-0.2, -0.15) is 13.2 Å². The number of hydrogen-bond donors (Lipinski definition) is 1. The van der Waals surface area contributed by atoms with E-state index in [0.29, 0.717) is 24.4 Å². The molecule has 2 aromatic carbocycles. The van der Waals surface area contributed by atoms with Gasteiger partial charge in [-0.1, -0.05) is 30.3 Å². The van der Waals surface area contributed by atoms with Crippen molar-refractivity contribution < 1.29 is 22.4 Å². The van der Waals surface area contributed by atoms with Crippen molar-refractivity contribution in [2.45, 2.75) is 44.9 Å². The van der Waals surface area contributed by atoms with Crippen LogP contribution < -0.4 is 5.32 Å². The largest absolute Gasteiger partial charge is 0.416 e. The van der Waals surface area contributed by atoms with Crippen LogP contribution in [-0.2, 0) is 24.1 Å². The molecule has 1 N–H and O–H groups in total. The van der Waals surface area contributed by atoms with Crippen LogP contribution >= 0.6 is 0 Å². The summed E-state index contributed by atoms with van der Waals surface area (Å²) in [6.45, 7) is 2.50. The molecule has 1 saturated heterocycles. The number of halogens is 4. The fourth-order valence-electron chi connectivity index (χ4n) is 3.85. The van der Waals surface area contributed by atoms with E-state index in [0.717, 1.165) is 50.0 Å². The standard InChI is InChI=1S/C23H26F4N2O/c24-21-6-2-1-5-19(21)14-28-22(30)12-9-17-4-3-13-29(15-17)16-18-7-10-20(11-8-18)23(25,26)27/h1-2,5-8,10-11,17H,3-4,9,12-16H2,(H,28,30)/t17-/m0/s1. The van der Waals surface area contributed by atoms with Crippen molar-refractivity contribution in [1.82, 2.24) is 10.2 Å². The minimum absolute atomic E-state index is 0.0990. The van der Waals surface area contributed by atoms with Gasteiger partial charge in [0.1, 0.15) is 5.82 Å². The maximum absolute atomic E-state index is 13.6. The van der Waals surface area contributed by atoms with Crippen molar-refractivity contribution in [3.8, 4) is 0 Å². The van der Waals surface area contributed by atoms with Gasteiger partial charge < -0.3 is 5.32 Å². The molecular formula is C23H26F4N2O. The molecule has 162 valence electrons. The summed E-state index contributed by atoms with van der Waals surface area (Å²) < 4.78 is 51.7. The summed E-state index contributed by atoms with van der Waals surface area (Å²) in [5.74, 6) is -0.0606. The Morgan fingerprint density at radius 3 is 2.53 bits per heavy atom. The lowest BCUT2D eigenvalue weighted by Crippen LogP contribution is -2.35. The molecule has 1 aliphatic heterocycles. The third kappa shape index (κ3) is 6.55. The fraction of sp³-hybridized carbons (Fsp3) is 0.435. The lowest BCUT2D eigenvalue weighted by Gasteiger charge is -2.32. The Bertz CT molecular complexity index is 836. The third-order valence-corrected chi connectivity index (χ3v) is 5.50. The number of carbonyl (C=O) groups is 1. The SMILES string of the molecule is O=C(CC[C@@H]1CCCN(Cc2ccc(C(F)(F)F)cc2)C1)NCc1ccccc1F. The van der Waals surface area contributed by atoms with Crippen molar-refractivity contribution >= 4 is 5.91 Å². The van der Waals surface area contributed by atoms with E-state index in [1.54, 1.807) is 18.2 Å². The first-order chi connectivity index (χ1) is 14.3. The lowest BCUT2D eigenvalue weighted by molar-refractivity contribution is -0.137. The molecular weight excluding hydrogens is 396 g/mol. The topological polar surface area (TPSA) is 32.3 Å². The van der Waals surface area contributed by atoms with Gasteiger partial charge in [-0.15, -0.1) is 0 Å². The number of hydrogen-bond acceptors (Lipinski definition) is 2. The van der Waals surface area contributed by atoms with E-state index >= 15 is 0 Å². The minimum atomic E-state index is -4.32. The van der Waals surface area contributed by atoms with Gasteiger partial charge in [0.15, 0.2) is 0 Å². The van der Waals surface area contributed by atoms with E-state index in [2.05, 4.69) is 10.2 Å². The Kier molecular flexibility index (Phi) is 7.48. The third-order valence-electron chi connectivity index (χ3n) is 5.50. The van der Waals surface area contributed by atoms with Crippen molar-refractivity contribution in [3.05, 3.63) is 71.0 Å². The summed E-state index contributed by atoms with van der Waals surface area (Å²) in [7, 11) is 0. The van der Waals surface area contributed by atoms with E-state index in [4.69, 9.17) is 0 Å². The Morgan fingerprint density at radius 1 is 1.10 bits per heavy atom. The number of alkyl halides is 3. The van der Waals surface area contributed by atoms with Crippen LogP contribution in [0.1, 0.15) is 42.4 Å². The van der Waals surface area contributed by atoms with E-state index in [-0.39, 0.29) is 18.3 Å². The molecule has 0 spiro atoms. The van der Waals surface area contributed by atoms with Gasteiger partial charge in [-0.3, -0.25) is 9.69 Å². The highest BCUT2D eigenvalue weighted by atomic mass is 19.4. The van der Waals surface area contributed by atoms with E-state index < -0.39 is 11.7 Å². The molecule has 30 heavy (non-hydrogen) atoms. The van der Waals surface area contributed by atoms with Gasteiger partial charge >= 0.3 is 6.18 Å². The van der Waals surface area contributed by atoms with Crippen LogP contribution in [0.5, 0.6) is 0 Å². The number of nitrogens with one attached hydrogen (secondary N) is 1. The molecule has 0 aromatic heterocycles. The molecule has 0 bridgehead atoms. The molecule has 2 aromatic rings. The number of rotatable bonds is 7. The second-order valence-electron chi connectivity index (χ2n) is 7.84. The zero-order chi connectivity index (χ0) is 21.6. The number of likely N-dealkylation sites (tertiary alicyclic amines) is 1. The maximum Gasteiger partial charge on any atom is 0.416 e. The summed E-state index contributed by atoms with van der Waals surface area (Å²) in [6, 6.07) is 11.7. The fourth-order valence-corrected chi connectivity index (χ4v) is 3.85. The first kappa shape index (κ1) is 22.3. The van der Waals surface area contributed by atoms with Gasteiger partial charge in [0.05, 0.1) is 5.56 Å². The number of nitrogens with zero attached hydrogens (tertiary/aromatic N) is 1. The lowest BCUT2D eigenvalue weighted by atomic mass is 9.93. The van der Waals surface area contributed by atoms with Crippen molar-refractivity contribution in [3.63, 3.8) is 0 Å². The van der Waals surface area contributed by atoms with Gasteiger partial charge in [-0.05, 0) is 55.5 Å². The van der Waals surface area contributed by atoms with E-state index in [9.17, 15) is 22.4 Å². The van der Waals surface area contributed by atoms with E-state index in [1.807, 2.05) is 0 Å². The quantitative estimate of drug-likeness (QED) is 0.626. The number of carbonyl (C=O) groups excluding carboxylic acids is 1. The van der Waals surface area contributed by atoms with Gasteiger partial charge in [0, 0.05) is 31.6 Å².